The molecule has 0 N–H and O–H groups in total. The van der Waals surface area contributed by atoms with E-state index in [-0.39, 0.29) is 24.8 Å². The molecule has 2 aliphatic carbocycles. The molecule has 0 saturated heterocycles. The zero-order valence-electron chi connectivity index (χ0n) is 8.61. The summed E-state index contributed by atoms with van der Waals surface area (Å²) >= 11 is -2.08. The summed E-state index contributed by atoms with van der Waals surface area (Å²) in [4.78, 5) is 0. The van der Waals surface area contributed by atoms with Gasteiger partial charge in [0.2, 0.25) is 0 Å². The van der Waals surface area contributed by atoms with E-state index in [1.165, 1.54) is 12.8 Å². The van der Waals surface area contributed by atoms with Crippen LogP contribution in [0.3, 0.4) is 0 Å². The van der Waals surface area contributed by atoms with Crippen molar-refractivity contribution < 1.29 is 17.2 Å². The van der Waals surface area contributed by atoms with E-state index in [4.69, 9.17) is 0 Å². The van der Waals surface area contributed by atoms with Crippen LogP contribution in [0.5, 0.6) is 0 Å². The van der Waals surface area contributed by atoms with Crippen LogP contribution < -0.4 is 0 Å². The van der Waals surface area contributed by atoms with E-state index in [1.807, 2.05) is 0 Å². The summed E-state index contributed by atoms with van der Waals surface area (Å²) in [6, 6.07) is 0. The molecule has 5 heteroatoms. The van der Waals surface area contributed by atoms with Crippen molar-refractivity contribution in [3.05, 3.63) is 43.1 Å². The number of hydrogen-bond donors (Lipinski definition) is 0. The molecule has 0 aliphatic heterocycles. The van der Waals surface area contributed by atoms with Crippen molar-refractivity contribution in [2.24, 2.45) is 0 Å². The van der Waals surface area contributed by atoms with Crippen LogP contribution in [0.25, 0.3) is 0 Å². The van der Waals surface area contributed by atoms with Crippen LogP contribution in [0.15, 0.2) is 43.1 Å². The van der Waals surface area contributed by atoms with Gasteiger partial charge in [-0.2, -0.15) is 0 Å². The Labute approximate surface area is 111 Å². The summed E-state index contributed by atoms with van der Waals surface area (Å²) in [7, 11) is 0. The fraction of sp³-hybridized carbons (Fsp3) is 0.200. The summed E-state index contributed by atoms with van der Waals surface area (Å²) in [5.74, 6) is 0. The van der Waals surface area contributed by atoms with Gasteiger partial charge in [0.1, 0.15) is 0 Å². The molecule has 0 unspecified atom stereocenters. The fourth-order valence-corrected chi connectivity index (χ4v) is 18.5. The van der Waals surface area contributed by atoms with Gasteiger partial charge in [0.25, 0.3) is 0 Å². The topological polar surface area (TPSA) is 0 Å². The van der Waals surface area contributed by atoms with Gasteiger partial charge >= 0.3 is 87.1 Å². The van der Waals surface area contributed by atoms with Crippen LogP contribution in [0.2, 0.25) is 0 Å². The zero-order valence-corrected chi connectivity index (χ0v) is 16.7. The molecule has 15 heavy (non-hydrogen) atoms. The second kappa shape index (κ2) is 6.55. The third-order valence-corrected chi connectivity index (χ3v) is 29.1. The van der Waals surface area contributed by atoms with Crippen LogP contribution in [-0.2, 0) is 17.2 Å². The van der Waals surface area contributed by atoms with Crippen molar-refractivity contribution in [1.29, 1.82) is 0 Å². The molecule has 0 spiro atoms. The maximum atomic E-state index is 2.38. The summed E-state index contributed by atoms with van der Waals surface area (Å²) < 4.78 is 3.58. The first-order chi connectivity index (χ1) is 6.21. The minimum atomic E-state index is -2.08. The van der Waals surface area contributed by atoms with Crippen molar-refractivity contribution in [2.75, 3.05) is 0 Å². The van der Waals surface area contributed by atoms with Crippen molar-refractivity contribution in [1.82, 2.24) is 0 Å². The molecular formula is C10H16Cl2HfSi2. The Bertz CT molecular complexity index is 406. The van der Waals surface area contributed by atoms with E-state index in [0.29, 0.717) is 0 Å². The summed E-state index contributed by atoms with van der Waals surface area (Å²) in [5, 5.41) is 0. The average Bonchev–Trinajstić information content (AvgIpc) is 2.78. The van der Waals surface area contributed by atoms with Gasteiger partial charge in [-0.1, -0.05) is 0 Å². The Morgan fingerprint density at radius 3 is 1.53 bits per heavy atom. The van der Waals surface area contributed by atoms with Crippen molar-refractivity contribution >= 4 is 38.7 Å². The third-order valence-electron chi connectivity index (χ3n) is 2.77. The Balaban J connectivity index is 0.000000980. The van der Waals surface area contributed by atoms with Gasteiger partial charge in [-0.25, -0.2) is 0 Å². The van der Waals surface area contributed by atoms with Crippen LogP contribution in [0, 0.1) is 0 Å². The normalized spacial score (nSPS) is 16.8. The molecule has 0 fully saturated rings. The second-order valence-corrected chi connectivity index (χ2v) is 44.1. The second-order valence-electron chi connectivity index (χ2n) is 3.73. The van der Waals surface area contributed by atoms with E-state index in [9.17, 15) is 0 Å². The van der Waals surface area contributed by atoms with E-state index in [2.05, 4.69) is 50.3 Å². The molecule has 2 rings (SSSR count). The van der Waals surface area contributed by atoms with Gasteiger partial charge < -0.3 is 0 Å². The molecule has 0 radical (unpaired) electrons. The van der Waals surface area contributed by atoms with Crippen LogP contribution >= 0.6 is 24.8 Å². The summed E-state index contributed by atoms with van der Waals surface area (Å²) in [6.45, 7) is 4.67. The van der Waals surface area contributed by atoms with Crippen molar-refractivity contribution in [2.45, 2.75) is 12.8 Å². The van der Waals surface area contributed by atoms with Gasteiger partial charge in [0, 0.05) is 0 Å². The Morgan fingerprint density at radius 2 is 1.27 bits per heavy atom. The first kappa shape index (κ1) is 15.8. The monoisotopic (exact) mass is 442 g/mol. The molecule has 0 aromatic rings. The first-order valence-electron chi connectivity index (χ1n) is 4.64. The fourth-order valence-electron chi connectivity index (χ4n) is 1.81. The predicted molar refractivity (Wildman–Crippen MR) is 75.3 cm³/mol. The van der Waals surface area contributed by atoms with Crippen LogP contribution in [0.4, 0.5) is 0 Å². The molecule has 0 aromatic carbocycles. The molecule has 82 valence electrons. The van der Waals surface area contributed by atoms with E-state index in [1.54, 1.807) is 6.66 Å². The van der Waals surface area contributed by atoms with Crippen molar-refractivity contribution in [3.8, 4) is 0 Å². The minimum absolute atomic E-state index is 0. The van der Waals surface area contributed by atoms with E-state index in [0.717, 1.165) is 0 Å². The third kappa shape index (κ3) is 3.40. The van der Waals surface area contributed by atoms with Gasteiger partial charge in [-0.05, 0) is 0 Å². The van der Waals surface area contributed by atoms with E-state index >= 15 is 0 Å². The van der Waals surface area contributed by atoms with Crippen molar-refractivity contribution in [3.63, 3.8) is 0 Å². The molecule has 0 saturated carbocycles. The van der Waals surface area contributed by atoms with Gasteiger partial charge in [0.15, 0.2) is 0 Å². The Hall–Kier alpha value is 0.844. The number of allylic oxidation sites excluding steroid dienone is 8. The Morgan fingerprint density at radius 1 is 0.867 bits per heavy atom. The summed E-state index contributed by atoms with van der Waals surface area (Å²) in [5.41, 5.74) is 0. The zero-order chi connectivity index (χ0) is 9.31. The number of rotatable bonds is 2. The SMILES string of the molecule is Cl.Cl.[SiH2]=[Hf](=[SiH2])([C]1=CC=CC1)[C]1=CC=CC1. The number of hydrogen-bond acceptors (Lipinski definition) is 0. The van der Waals surface area contributed by atoms with Crippen LogP contribution in [0.1, 0.15) is 12.8 Å². The maximum absolute atomic E-state index is 2.38. The molecule has 0 amide bonds. The standard InChI is InChI=1S/2C5H5.2ClH.Hf.2H2Si/c2*1-2-4-5-3-1;;;;;/h2*1-3H,4H2;2*1H;;2*1H2. The average molecular weight is 442 g/mol. The van der Waals surface area contributed by atoms with Gasteiger partial charge in [-0.3, -0.25) is 0 Å². The van der Waals surface area contributed by atoms with E-state index < -0.39 is 17.2 Å². The molecule has 0 bridgehead atoms. The van der Waals surface area contributed by atoms with Crippen LogP contribution in [-0.4, -0.2) is 13.9 Å². The summed E-state index contributed by atoms with van der Waals surface area (Å²) in [6.07, 6.45) is 16.3. The molecule has 2 aliphatic rings. The number of halogens is 2. The quantitative estimate of drug-likeness (QED) is 0.573. The predicted octanol–water partition coefficient (Wildman–Crippen LogP) is 1.77. The van der Waals surface area contributed by atoms with Gasteiger partial charge in [0.05, 0.1) is 0 Å². The molecule has 0 nitrogen and oxygen atoms in total. The first-order valence-corrected chi connectivity index (χ1v) is 24.9. The van der Waals surface area contributed by atoms with Gasteiger partial charge in [-0.15, -0.1) is 24.8 Å². The molecule has 0 aromatic heterocycles. The Kier molecular flexibility index (Phi) is 6.92. The molecule has 0 heterocycles. The molecular weight excluding hydrogens is 426 g/mol. The molecule has 0 atom stereocenters.